The predicted molar refractivity (Wildman–Crippen MR) is 83.1 cm³/mol. The number of unbranched alkanes of at least 4 members (excludes halogenated alkanes) is 1. The van der Waals surface area contributed by atoms with Crippen LogP contribution >= 0.6 is 0 Å². The van der Waals surface area contributed by atoms with E-state index >= 15 is 0 Å². The van der Waals surface area contributed by atoms with Crippen LogP contribution in [0, 0.1) is 0 Å². The smallest absolute Gasteiger partial charge is 0.0947 e. The number of anilines is 2. The molecule has 0 aliphatic carbocycles. The van der Waals surface area contributed by atoms with Gasteiger partial charge in [0.25, 0.3) is 0 Å². The van der Waals surface area contributed by atoms with Crippen LogP contribution in [0.25, 0.3) is 0 Å². The zero-order chi connectivity index (χ0) is 14.4. The van der Waals surface area contributed by atoms with Crippen LogP contribution in [0.5, 0.6) is 0 Å². The van der Waals surface area contributed by atoms with Crippen molar-refractivity contribution in [3.05, 3.63) is 23.8 Å². The molecule has 4 heteroatoms. The van der Waals surface area contributed by atoms with E-state index in [4.69, 9.17) is 10.5 Å². The summed E-state index contributed by atoms with van der Waals surface area (Å²) in [6, 6.07) is 6.03. The quantitative estimate of drug-likeness (QED) is 0.593. The van der Waals surface area contributed by atoms with Gasteiger partial charge in [-0.15, -0.1) is 0 Å². The van der Waals surface area contributed by atoms with Gasteiger partial charge in [-0.05, 0) is 37.0 Å². The molecule has 1 unspecified atom stereocenters. The van der Waals surface area contributed by atoms with Crippen LogP contribution in [-0.4, -0.2) is 37.5 Å². The predicted octanol–water partition coefficient (Wildman–Crippen LogP) is 2.20. The molecule has 0 radical (unpaired) electrons. The number of nitrogens with two attached hydrogens (primary N) is 1. The number of aliphatic hydroxyl groups is 1. The van der Waals surface area contributed by atoms with Crippen molar-refractivity contribution in [1.82, 2.24) is 0 Å². The van der Waals surface area contributed by atoms with Crippen LogP contribution in [0.1, 0.15) is 31.7 Å². The lowest BCUT2D eigenvalue weighted by atomic mass is 9.99. The molecule has 1 aliphatic heterocycles. The molecule has 0 spiro atoms. The molecule has 112 valence electrons. The number of fused-ring (bicyclic) bond motifs is 1. The van der Waals surface area contributed by atoms with Crippen molar-refractivity contribution >= 4 is 11.4 Å². The molecular weight excluding hydrogens is 252 g/mol. The van der Waals surface area contributed by atoms with Crippen LogP contribution in [0.2, 0.25) is 0 Å². The molecule has 0 saturated carbocycles. The molecule has 1 aromatic carbocycles. The van der Waals surface area contributed by atoms with E-state index in [0.717, 1.165) is 44.5 Å². The van der Waals surface area contributed by atoms with Gasteiger partial charge in [0.1, 0.15) is 0 Å². The molecule has 0 saturated heterocycles. The summed E-state index contributed by atoms with van der Waals surface area (Å²) >= 11 is 0. The van der Waals surface area contributed by atoms with Gasteiger partial charge in [-0.25, -0.2) is 0 Å². The number of β-amino-alcohol motifs (C(OH)–C–C–N with tert-alkyl or cyclic N) is 1. The highest BCUT2D eigenvalue weighted by molar-refractivity contribution is 5.66. The Morgan fingerprint density at radius 3 is 3.10 bits per heavy atom. The molecule has 20 heavy (non-hydrogen) atoms. The monoisotopic (exact) mass is 278 g/mol. The maximum atomic E-state index is 10.1. The highest BCUT2D eigenvalue weighted by atomic mass is 16.5. The lowest BCUT2D eigenvalue weighted by Crippen LogP contribution is -2.38. The lowest BCUT2D eigenvalue weighted by molar-refractivity contribution is 0.0390. The summed E-state index contributed by atoms with van der Waals surface area (Å²) in [4.78, 5) is 2.23. The fraction of sp³-hybridized carbons (Fsp3) is 0.625. The fourth-order valence-electron chi connectivity index (χ4n) is 2.69. The summed E-state index contributed by atoms with van der Waals surface area (Å²) in [7, 11) is 0. The van der Waals surface area contributed by atoms with Gasteiger partial charge in [0, 0.05) is 31.1 Å². The van der Waals surface area contributed by atoms with Gasteiger partial charge in [0.2, 0.25) is 0 Å². The summed E-state index contributed by atoms with van der Waals surface area (Å²) in [6.45, 7) is 4.87. The average molecular weight is 278 g/mol. The van der Waals surface area contributed by atoms with Crippen LogP contribution in [0.4, 0.5) is 11.4 Å². The Morgan fingerprint density at radius 1 is 1.45 bits per heavy atom. The van der Waals surface area contributed by atoms with E-state index in [9.17, 15) is 5.11 Å². The van der Waals surface area contributed by atoms with Gasteiger partial charge < -0.3 is 20.5 Å². The zero-order valence-corrected chi connectivity index (χ0v) is 12.3. The van der Waals surface area contributed by atoms with Crippen molar-refractivity contribution in [2.24, 2.45) is 0 Å². The number of hydrogen-bond donors (Lipinski definition) is 2. The molecule has 1 aliphatic rings. The first kappa shape index (κ1) is 15.1. The number of nitrogens with zero attached hydrogens (tertiary/aromatic N) is 1. The molecule has 2 rings (SSSR count). The average Bonchev–Trinajstić information content (AvgIpc) is 2.45. The third-order valence-corrected chi connectivity index (χ3v) is 3.77. The maximum absolute atomic E-state index is 10.1. The Morgan fingerprint density at radius 2 is 2.30 bits per heavy atom. The Balaban J connectivity index is 1.90. The van der Waals surface area contributed by atoms with Gasteiger partial charge in [-0.3, -0.25) is 0 Å². The van der Waals surface area contributed by atoms with Crippen molar-refractivity contribution < 1.29 is 9.84 Å². The first-order chi connectivity index (χ1) is 9.72. The Kier molecular flexibility index (Phi) is 5.68. The third kappa shape index (κ3) is 3.87. The van der Waals surface area contributed by atoms with E-state index in [1.165, 1.54) is 11.3 Å². The molecule has 3 N–H and O–H groups in total. The second kappa shape index (κ2) is 7.50. The third-order valence-electron chi connectivity index (χ3n) is 3.77. The normalized spacial score (nSPS) is 16.0. The Hall–Kier alpha value is -1.26. The van der Waals surface area contributed by atoms with E-state index in [-0.39, 0.29) is 0 Å². The minimum atomic E-state index is -0.445. The van der Waals surface area contributed by atoms with Crippen molar-refractivity contribution in [3.8, 4) is 0 Å². The van der Waals surface area contributed by atoms with Crippen LogP contribution in [0.3, 0.4) is 0 Å². The molecule has 0 fully saturated rings. The summed E-state index contributed by atoms with van der Waals surface area (Å²) in [5.41, 5.74) is 9.29. The second-order valence-corrected chi connectivity index (χ2v) is 5.48. The van der Waals surface area contributed by atoms with Crippen LogP contribution in [-0.2, 0) is 11.2 Å². The lowest BCUT2D eigenvalue weighted by Gasteiger charge is -2.33. The number of aliphatic hydroxyl groups excluding tert-OH is 1. The highest BCUT2D eigenvalue weighted by Gasteiger charge is 2.20. The molecule has 1 aromatic rings. The molecular formula is C16H26N2O2. The van der Waals surface area contributed by atoms with Gasteiger partial charge in [0.05, 0.1) is 12.7 Å². The SMILES string of the molecule is CCCCOCC(O)CN1CCCc2c(N)cccc21. The van der Waals surface area contributed by atoms with E-state index in [1.807, 2.05) is 12.1 Å². The molecule has 0 amide bonds. The summed E-state index contributed by atoms with van der Waals surface area (Å²) in [6.07, 6.45) is 3.84. The Bertz CT molecular complexity index is 423. The van der Waals surface area contributed by atoms with Crippen molar-refractivity contribution in [3.63, 3.8) is 0 Å². The number of hydrogen-bond acceptors (Lipinski definition) is 4. The molecule has 1 heterocycles. The number of rotatable bonds is 7. The summed E-state index contributed by atoms with van der Waals surface area (Å²) < 4.78 is 5.49. The number of benzene rings is 1. The minimum absolute atomic E-state index is 0.411. The van der Waals surface area contributed by atoms with Gasteiger partial charge in [-0.1, -0.05) is 19.4 Å². The van der Waals surface area contributed by atoms with Crippen molar-refractivity contribution in [2.75, 3.05) is 36.9 Å². The second-order valence-electron chi connectivity index (χ2n) is 5.48. The fourth-order valence-corrected chi connectivity index (χ4v) is 2.69. The van der Waals surface area contributed by atoms with Gasteiger partial charge in [0.15, 0.2) is 0 Å². The molecule has 0 bridgehead atoms. The minimum Gasteiger partial charge on any atom is -0.398 e. The standard InChI is InChI=1S/C16H26N2O2/c1-2-3-10-20-12-13(19)11-18-9-5-6-14-15(17)7-4-8-16(14)18/h4,7-8,13,19H,2-3,5-6,9-12,17H2,1H3. The number of ether oxygens (including phenoxy) is 1. The molecule has 0 aromatic heterocycles. The van der Waals surface area contributed by atoms with Crippen molar-refractivity contribution in [2.45, 2.75) is 38.7 Å². The summed E-state index contributed by atoms with van der Waals surface area (Å²) in [5, 5.41) is 10.1. The van der Waals surface area contributed by atoms with Gasteiger partial charge >= 0.3 is 0 Å². The van der Waals surface area contributed by atoms with E-state index in [0.29, 0.717) is 13.2 Å². The topological polar surface area (TPSA) is 58.7 Å². The molecule has 1 atom stereocenters. The Labute approximate surface area is 121 Å². The zero-order valence-electron chi connectivity index (χ0n) is 12.3. The maximum Gasteiger partial charge on any atom is 0.0947 e. The van der Waals surface area contributed by atoms with Crippen LogP contribution in [0.15, 0.2) is 18.2 Å². The first-order valence-electron chi connectivity index (χ1n) is 7.60. The van der Waals surface area contributed by atoms with Gasteiger partial charge in [-0.2, -0.15) is 0 Å². The summed E-state index contributed by atoms with van der Waals surface area (Å²) in [5.74, 6) is 0. The van der Waals surface area contributed by atoms with E-state index < -0.39 is 6.10 Å². The number of nitrogen functional groups attached to an aromatic ring is 1. The van der Waals surface area contributed by atoms with Crippen molar-refractivity contribution in [1.29, 1.82) is 0 Å². The van der Waals surface area contributed by atoms with E-state index in [1.54, 1.807) is 0 Å². The van der Waals surface area contributed by atoms with Crippen LogP contribution < -0.4 is 10.6 Å². The van der Waals surface area contributed by atoms with E-state index in [2.05, 4.69) is 17.9 Å². The first-order valence-corrected chi connectivity index (χ1v) is 7.60. The largest absolute Gasteiger partial charge is 0.398 e. The molecule has 4 nitrogen and oxygen atoms in total. The highest BCUT2D eigenvalue weighted by Crippen LogP contribution is 2.31.